The minimum Gasteiger partial charge on any atom is -0.444 e. The van der Waals surface area contributed by atoms with Gasteiger partial charge in [-0.1, -0.05) is 13.8 Å². The van der Waals surface area contributed by atoms with Crippen molar-refractivity contribution in [2.24, 2.45) is 5.92 Å². The first kappa shape index (κ1) is 21.2. The molecule has 0 aliphatic rings. The van der Waals surface area contributed by atoms with E-state index in [0.717, 1.165) is 0 Å². The predicted octanol–water partition coefficient (Wildman–Crippen LogP) is 0.149. The molecule has 0 fully saturated rings. The van der Waals surface area contributed by atoms with Gasteiger partial charge in [0.1, 0.15) is 17.7 Å². The number of aliphatic hydroxyl groups excluding tert-OH is 1. The molecule has 8 nitrogen and oxygen atoms in total. The van der Waals surface area contributed by atoms with E-state index in [9.17, 15) is 14.4 Å². The van der Waals surface area contributed by atoms with Gasteiger partial charge in [0.15, 0.2) is 0 Å². The summed E-state index contributed by atoms with van der Waals surface area (Å²) in [5.74, 6) is -1.07. The first-order valence-corrected chi connectivity index (χ1v) is 7.66. The molecule has 134 valence electrons. The van der Waals surface area contributed by atoms with Gasteiger partial charge >= 0.3 is 6.09 Å². The molecule has 8 heteroatoms. The van der Waals surface area contributed by atoms with Crippen molar-refractivity contribution in [1.82, 2.24) is 16.0 Å². The molecule has 0 saturated heterocycles. The molecule has 0 saturated carbocycles. The zero-order chi connectivity index (χ0) is 18.2. The van der Waals surface area contributed by atoms with Gasteiger partial charge in [0.25, 0.3) is 0 Å². The second kappa shape index (κ2) is 9.34. The van der Waals surface area contributed by atoms with E-state index >= 15 is 0 Å². The number of hydrogen-bond donors (Lipinski definition) is 4. The maximum absolute atomic E-state index is 12.3. The molecule has 2 atom stereocenters. The third-order valence-corrected chi connectivity index (χ3v) is 2.78. The van der Waals surface area contributed by atoms with E-state index in [1.807, 2.05) is 0 Å². The van der Waals surface area contributed by atoms with Crippen LogP contribution in [0, 0.1) is 5.92 Å². The van der Waals surface area contributed by atoms with Crippen molar-refractivity contribution in [1.29, 1.82) is 0 Å². The van der Waals surface area contributed by atoms with Gasteiger partial charge < -0.3 is 25.8 Å². The molecular weight excluding hydrogens is 302 g/mol. The lowest BCUT2D eigenvalue weighted by atomic mass is 10.0. The summed E-state index contributed by atoms with van der Waals surface area (Å²) in [5, 5.41) is 16.2. The molecule has 0 rings (SSSR count). The Morgan fingerprint density at radius 1 is 1.04 bits per heavy atom. The van der Waals surface area contributed by atoms with E-state index in [-0.39, 0.29) is 19.1 Å². The number of aliphatic hydroxyl groups is 1. The van der Waals surface area contributed by atoms with Crippen LogP contribution in [-0.2, 0) is 14.3 Å². The smallest absolute Gasteiger partial charge is 0.408 e. The van der Waals surface area contributed by atoms with Crippen molar-refractivity contribution in [2.45, 2.75) is 59.2 Å². The Bertz CT molecular complexity index is 418. The molecule has 0 aromatic carbocycles. The maximum Gasteiger partial charge on any atom is 0.408 e. The number of amides is 3. The van der Waals surface area contributed by atoms with Crippen LogP contribution in [0.25, 0.3) is 0 Å². The second-order valence-electron chi connectivity index (χ2n) is 6.61. The molecule has 4 N–H and O–H groups in total. The van der Waals surface area contributed by atoms with Crippen molar-refractivity contribution < 1.29 is 24.2 Å². The molecule has 23 heavy (non-hydrogen) atoms. The maximum atomic E-state index is 12.3. The largest absolute Gasteiger partial charge is 0.444 e. The lowest BCUT2D eigenvalue weighted by Crippen LogP contribution is -2.55. The molecule has 0 unspecified atom stereocenters. The first-order valence-electron chi connectivity index (χ1n) is 7.66. The van der Waals surface area contributed by atoms with E-state index in [0.29, 0.717) is 0 Å². The molecule has 3 amide bonds. The van der Waals surface area contributed by atoms with Gasteiger partial charge in [0.05, 0.1) is 6.61 Å². The second-order valence-corrected chi connectivity index (χ2v) is 6.61. The minimum absolute atomic E-state index is 0.114. The van der Waals surface area contributed by atoms with Gasteiger partial charge in [-0.25, -0.2) is 4.79 Å². The molecule has 0 aromatic rings. The summed E-state index contributed by atoms with van der Waals surface area (Å²) in [7, 11) is 0. The van der Waals surface area contributed by atoms with E-state index in [4.69, 9.17) is 9.84 Å². The quantitative estimate of drug-likeness (QED) is 0.530. The van der Waals surface area contributed by atoms with Gasteiger partial charge in [-0.05, 0) is 33.6 Å². The molecule has 0 heterocycles. The average molecular weight is 331 g/mol. The van der Waals surface area contributed by atoms with Crippen molar-refractivity contribution in [2.75, 3.05) is 13.2 Å². The Hall–Kier alpha value is -1.83. The van der Waals surface area contributed by atoms with Gasteiger partial charge in [-0.2, -0.15) is 0 Å². The molecule has 0 radical (unpaired) electrons. The number of carbonyl (C=O) groups is 3. The van der Waals surface area contributed by atoms with Crippen LogP contribution in [-0.4, -0.2) is 53.9 Å². The highest BCUT2D eigenvalue weighted by atomic mass is 16.6. The van der Waals surface area contributed by atoms with Gasteiger partial charge in [0.2, 0.25) is 11.8 Å². The minimum atomic E-state index is -0.821. The standard InChI is InChI=1S/C15H29N3O5/c1-9(2)11(18-14(22)23-15(4,5)6)13(21)17-10(3)12(20)16-7-8-19/h9-11,19H,7-8H2,1-6H3,(H,16,20)(H,17,21)(H,18,22)/t10-,11-/m0/s1. The third kappa shape index (κ3) is 9.02. The van der Waals surface area contributed by atoms with Crippen LogP contribution in [0.5, 0.6) is 0 Å². The lowest BCUT2D eigenvalue weighted by molar-refractivity contribution is -0.130. The van der Waals surface area contributed by atoms with Gasteiger partial charge in [-0.15, -0.1) is 0 Å². The normalized spacial score (nSPS) is 13.9. The number of hydrogen-bond acceptors (Lipinski definition) is 5. The van der Waals surface area contributed by atoms with Crippen molar-refractivity contribution in [3.8, 4) is 0 Å². The Labute approximate surface area is 137 Å². The van der Waals surface area contributed by atoms with Gasteiger partial charge in [0, 0.05) is 6.54 Å². The Balaban J connectivity index is 4.68. The highest BCUT2D eigenvalue weighted by molar-refractivity contribution is 5.91. The topological polar surface area (TPSA) is 117 Å². The summed E-state index contributed by atoms with van der Waals surface area (Å²) in [6, 6.07) is -1.60. The van der Waals surface area contributed by atoms with E-state index in [1.165, 1.54) is 6.92 Å². The van der Waals surface area contributed by atoms with Crippen LogP contribution >= 0.6 is 0 Å². The van der Waals surface area contributed by atoms with Crippen LogP contribution < -0.4 is 16.0 Å². The molecule has 0 aromatic heterocycles. The Morgan fingerprint density at radius 2 is 1.61 bits per heavy atom. The summed E-state index contributed by atoms with van der Waals surface area (Å²) in [6.07, 6.45) is -0.691. The van der Waals surface area contributed by atoms with Crippen molar-refractivity contribution in [3.05, 3.63) is 0 Å². The first-order chi connectivity index (χ1) is 10.5. The summed E-state index contributed by atoms with van der Waals surface area (Å²) in [6.45, 7) is 10.2. The number of nitrogens with one attached hydrogen (secondary N) is 3. The van der Waals surface area contributed by atoms with Crippen LogP contribution in [0.2, 0.25) is 0 Å². The highest BCUT2D eigenvalue weighted by Gasteiger charge is 2.28. The van der Waals surface area contributed by atoms with Crippen LogP contribution in [0.15, 0.2) is 0 Å². The zero-order valence-corrected chi connectivity index (χ0v) is 14.7. The summed E-state index contributed by atoms with van der Waals surface area (Å²) >= 11 is 0. The summed E-state index contributed by atoms with van der Waals surface area (Å²) in [5.41, 5.74) is -0.667. The van der Waals surface area contributed by atoms with E-state index < -0.39 is 35.6 Å². The van der Waals surface area contributed by atoms with Crippen LogP contribution in [0.4, 0.5) is 4.79 Å². The monoisotopic (exact) mass is 331 g/mol. The number of rotatable bonds is 7. The molecule has 0 aliphatic heterocycles. The SMILES string of the molecule is CC(C)[C@H](NC(=O)OC(C)(C)C)C(=O)N[C@@H](C)C(=O)NCCO. The van der Waals surface area contributed by atoms with Crippen molar-refractivity contribution in [3.63, 3.8) is 0 Å². The van der Waals surface area contributed by atoms with Crippen LogP contribution in [0.1, 0.15) is 41.5 Å². The fourth-order valence-electron chi connectivity index (χ4n) is 1.67. The molecule has 0 bridgehead atoms. The Kier molecular flexibility index (Phi) is 8.60. The number of ether oxygens (including phenoxy) is 1. The van der Waals surface area contributed by atoms with Crippen molar-refractivity contribution >= 4 is 17.9 Å². The third-order valence-electron chi connectivity index (χ3n) is 2.78. The van der Waals surface area contributed by atoms with Gasteiger partial charge in [-0.3, -0.25) is 9.59 Å². The summed E-state index contributed by atoms with van der Waals surface area (Å²) < 4.78 is 5.14. The molecule has 0 aliphatic carbocycles. The fraction of sp³-hybridized carbons (Fsp3) is 0.800. The van der Waals surface area contributed by atoms with E-state index in [2.05, 4.69) is 16.0 Å². The average Bonchev–Trinajstić information content (AvgIpc) is 2.39. The number of carbonyl (C=O) groups excluding carboxylic acids is 3. The van der Waals surface area contributed by atoms with E-state index in [1.54, 1.807) is 34.6 Å². The highest BCUT2D eigenvalue weighted by Crippen LogP contribution is 2.09. The molecule has 0 spiro atoms. The predicted molar refractivity (Wildman–Crippen MR) is 85.7 cm³/mol. The number of alkyl carbamates (subject to hydrolysis) is 1. The molecular formula is C15H29N3O5. The van der Waals surface area contributed by atoms with Crippen LogP contribution in [0.3, 0.4) is 0 Å². The lowest BCUT2D eigenvalue weighted by Gasteiger charge is -2.26. The summed E-state index contributed by atoms with van der Waals surface area (Å²) in [4.78, 5) is 35.8. The zero-order valence-electron chi connectivity index (χ0n) is 14.7. The fourth-order valence-corrected chi connectivity index (χ4v) is 1.67. The Morgan fingerprint density at radius 3 is 2.04 bits per heavy atom.